The molecular formula is C19H24Cl2N2O2. The quantitative estimate of drug-likeness (QED) is 0.783. The molecule has 2 atom stereocenters. The van der Waals surface area contributed by atoms with Crippen LogP contribution in [0.25, 0.3) is 0 Å². The van der Waals surface area contributed by atoms with E-state index in [2.05, 4.69) is 6.92 Å². The predicted octanol–water partition coefficient (Wildman–Crippen LogP) is 4.25. The van der Waals surface area contributed by atoms with Crippen LogP contribution in [-0.2, 0) is 4.79 Å². The van der Waals surface area contributed by atoms with Gasteiger partial charge in [-0.1, -0.05) is 36.5 Å². The van der Waals surface area contributed by atoms with Gasteiger partial charge in [0.1, 0.15) is 6.04 Å². The number of halogens is 2. The summed E-state index contributed by atoms with van der Waals surface area (Å²) in [7, 11) is 0. The van der Waals surface area contributed by atoms with Gasteiger partial charge in [0.15, 0.2) is 0 Å². The minimum atomic E-state index is -0.349. The van der Waals surface area contributed by atoms with Gasteiger partial charge in [-0.3, -0.25) is 9.59 Å². The van der Waals surface area contributed by atoms with Crippen LogP contribution in [0, 0.1) is 5.92 Å². The second-order valence-corrected chi connectivity index (χ2v) is 7.80. The van der Waals surface area contributed by atoms with E-state index in [4.69, 9.17) is 23.2 Å². The van der Waals surface area contributed by atoms with E-state index in [1.165, 1.54) is 6.42 Å². The molecule has 136 valence electrons. The molecule has 0 N–H and O–H groups in total. The number of likely N-dealkylation sites (tertiary alicyclic amines) is 2. The predicted molar refractivity (Wildman–Crippen MR) is 100 cm³/mol. The zero-order valence-corrected chi connectivity index (χ0v) is 16.0. The van der Waals surface area contributed by atoms with Gasteiger partial charge in [0, 0.05) is 25.2 Å². The third kappa shape index (κ3) is 3.95. The summed E-state index contributed by atoms with van der Waals surface area (Å²) < 4.78 is 0. The van der Waals surface area contributed by atoms with Crippen molar-refractivity contribution in [1.29, 1.82) is 0 Å². The third-order valence-electron chi connectivity index (χ3n) is 5.37. The Labute approximate surface area is 159 Å². The van der Waals surface area contributed by atoms with E-state index in [-0.39, 0.29) is 17.9 Å². The lowest BCUT2D eigenvalue weighted by Crippen LogP contribution is -2.50. The van der Waals surface area contributed by atoms with Crippen molar-refractivity contribution in [2.75, 3.05) is 19.6 Å². The third-order valence-corrected chi connectivity index (χ3v) is 6.11. The van der Waals surface area contributed by atoms with Gasteiger partial charge in [0.25, 0.3) is 5.91 Å². The number of amides is 2. The summed E-state index contributed by atoms with van der Waals surface area (Å²) in [5, 5.41) is 0.780. The second kappa shape index (κ2) is 7.96. The average molecular weight is 383 g/mol. The van der Waals surface area contributed by atoms with Crippen molar-refractivity contribution in [3.8, 4) is 0 Å². The monoisotopic (exact) mass is 382 g/mol. The average Bonchev–Trinajstić information content (AvgIpc) is 3.12. The molecule has 0 radical (unpaired) electrons. The lowest BCUT2D eigenvalue weighted by atomic mass is 9.95. The van der Waals surface area contributed by atoms with E-state index in [1.54, 1.807) is 23.1 Å². The molecule has 25 heavy (non-hydrogen) atoms. The number of nitrogens with zero attached hydrogens (tertiary/aromatic N) is 2. The lowest BCUT2D eigenvalue weighted by Gasteiger charge is -2.36. The van der Waals surface area contributed by atoms with Gasteiger partial charge in [-0.15, -0.1) is 0 Å². The maximum absolute atomic E-state index is 13.0. The molecule has 0 aliphatic carbocycles. The highest BCUT2D eigenvalue weighted by Crippen LogP contribution is 2.28. The number of carbonyl (C=O) groups is 2. The van der Waals surface area contributed by atoms with E-state index in [0.29, 0.717) is 28.1 Å². The lowest BCUT2D eigenvalue weighted by molar-refractivity contribution is -0.137. The summed E-state index contributed by atoms with van der Waals surface area (Å²) in [5.41, 5.74) is 0.485. The highest BCUT2D eigenvalue weighted by molar-refractivity contribution is 6.42. The largest absolute Gasteiger partial charge is 0.341 e. The van der Waals surface area contributed by atoms with Gasteiger partial charge in [-0.25, -0.2) is 0 Å². The van der Waals surface area contributed by atoms with Crippen LogP contribution in [0.15, 0.2) is 18.2 Å². The fraction of sp³-hybridized carbons (Fsp3) is 0.579. The topological polar surface area (TPSA) is 40.6 Å². The summed E-state index contributed by atoms with van der Waals surface area (Å²) in [6.45, 7) is 4.41. The molecule has 1 aromatic rings. The van der Waals surface area contributed by atoms with Crippen molar-refractivity contribution in [3.63, 3.8) is 0 Å². The van der Waals surface area contributed by atoms with Crippen molar-refractivity contribution < 1.29 is 9.59 Å². The minimum absolute atomic E-state index is 0.101. The van der Waals surface area contributed by atoms with Crippen LogP contribution in [0.4, 0.5) is 0 Å². The molecule has 2 amide bonds. The maximum Gasteiger partial charge on any atom is 0.254 e. The van der Waals surface area contributed by atoms with Gasteiger partial charge < -0.3 is 9.80 Å². The summed E-state index contributed by atoms with van der Waals surface area (Å²) in [6.07, 6.45) is 4.93. The minimum Gasteiger partial charge on any atom is -0.341 e. The summed E-state index contributed by atoms with van der Waals surface area (Å²) >= 11 is 12.0. The Hall–Kier alpha value is -1.26. The molecule has 2 aliphatic rings. The van der Waals surface area contributed by atoms with Crippen molar-refractivity contribution >= 4 is 35.0 Å². The first kappa shape index (κ1) is 18.5. The molecule has 0 saturated carbocycles. The van der Waals surface area contributed by atoms with Crippen molar-refractivity contribution in [1.82, 2.24) is 9.80 Å². The Balaban J connectivity index is 1.74. The number of rotatable bonds is 3. The van der Waals surface area contributed by atoms with Crippen LogP contribution < -0.4 is 0 Å². The van der Waals surface area contributed by atoms with Crippen LogP contribution in [0.2, 0.25) is 10.0 Å². The molecule has 4 nitrogen and oxygen atoms in total. The van der Waals surface area contributed by atoms with Crippen LogP contribution in [0.1, 0.15) is 49.4 Å². The molecule has 2 aliphatic heterocycles. The highest BCUT2D eigenvalue weighted by atomic mass is 35.5. The molecule has 2 unspecified atom stereocenters. The number of benzene rings is 1. The fourth-order valence-corrected chi connectivity index (χ4v) is 4.17. The van der Waals surface area contributed by atoms with Gasteiger partial charge >= 0.3 is 0 Å². The number of carbonyl (C=O) groups excluding carboxylic acids is 2. The van der Waals surface area contributed by atoms with E-state index in [1.807, 2.05) is 4.90 Å². The van der Waals surface area contributed by atoms with Crippen LogP contribution in [0.3, 0.4) is 0 Å². The normalized spacial score (nSPS) is 23.8. The maximum atomic E-state index is 13.0. The Morgan fingerprint density at radius 3 is 2.60 bits per heavy atom. The summed E-state index contributed by atoms with van der Waals surface area (Å²) in [6, 6.07) is 4.53. The zero-order valence-electron chi connectivity index (χ0n) is 14.5. The van der Waals surface area contributed by atoms with Crippen LogP contribution in [0.5, 0.6) is 0 Å². The van der Waals surface area contributed by atoms with Crippen molar-refractivity contribution in [2.45, 2.75) is 45.1 Å². The molecule has 0 aromatic heterocycles. The molecular weight excluding hydrogens is 359 g/mol. The molecule has 0 bridgehead atoms. The van der Waals surface area contributed by atoms with E-state index >= 15 is 0 Å². The second-order valence-electron chi connectivity index (χ2n) is 6.99. The first-order valence-corrected chi connectivity index (χ1v) is 9.81. The van der Waals surface area contributed by atoms with E-state index in [0.717, 1.165) is 38.8 Å². The smallest absolute Gasteiger partial charge is 0.254 e. The Kier molecular flexibility index (Phi) is 5.90. The van der Waals surface area contributed by atoms with Gasteiger partial charge in [-0.2, -0.15) is 0 Å². The van der Waals surface area contributed by atoms with Crippen molar-refractivity contribution in [2.24, 2.45) is 5.92 Å². The molecule has 2 saturated heterocycles. The SMILES string of the molecule is CCC1CCCN(C(=O)C2CCCN2C(=O)c2ccc(Cl)c(Cl)c2)C1. The Morgan fingerprint density at radius 1 is 1.12 bits per heavy atom. The van der Waals surface area contributed by atoms with Gasteiger partial charge in [0.2, 0.25) is 5.91 Å². The Bertz CT molecular complexity index is 665. The first-order valence-electron chi connectivity index (χ1n) is 9.06. The first-order chi connectivity index (χ1) is 12.0. The van der Waals surface area contributed by atoms with E-state index < -0.39 is 0 Å². The zero-order chi connectivity index (χ0) is 18.0. The summed E-state index contributed by atoms with van der Waals surface area (Å²) in [4.78, 5) is 29.6. The Morgan fingerprint density at radius 2 is 1.88 bits per heavy atom. The highest BCUT2D eigenvalue weighted by Gasteiger charge is 2.38. The fourth-order valence-electron chi connectivity index (χ4n) is 3.87. The van der Waals surface area contributed by atoms with Gasteiger partial charge in [-0.05, 0) is 49.8 Å². The standard InChI is InChI=1S/C19H24Cl2N2O2/c1-2-13-5-3-9-22(12-13)19(25)17-6-4-10-23(17)18(24)14-7-8-15(20)16(21)11-14/h7-8,11,13,17H,2-6,9-10,12H2,1H3. The molecule has 2 fully saturated rings. The van der Waals surface area contributed by atoms with Gasteiger partial charge in [0.05, 0.1) is 10.0 Å². The van der Waals surface area contributed by atoms with Crippen LogP contribution in [-0.4, -0.2) is 47.3 Å². The number of hydrogen-bond donors (Lipinski definition) is 0. The molecule has 2 heterocycles. The number of hydrogen-bond acceptors (Lipinski definition) is 2. The molecule has 1 aromatic carbocycles. The van der Waals surface area contributed by atoms with E-state index in [9.17, 15) is 9.59 Å². The van der Waals surface area contributed by atoms with Crippen molar-refractivity contribution in [3.05, 3.63) is 33.8 Å². The molecule has 6 heteroatoms. The molecule has 0 spiro atoms. The van der Waals surface area contributed by atoms with Crippen LogP contribution >= 0.6 is 23.2 Å². The summed E-state index contributed by atoms with van der Waals surface area (Å²) in [5.74, 6) is 0.542. The number of piperidine rings is 1. The molecule has 3 rings (SSSR count).